The van der Waals surface area contributed by atoms with Crippen LogP contribution in [-0.2, 0) is 0 Å². The fourth-order valence-corrected chi connectivity index (χ4v) is 7.52. The van der Waals surface area contributed by atoms with Crippen LogP contribution in [0, 0.1) is 34.3 Å². The summed E-state index contributed by atoms with van der Waals surface area (Å²) in [5, 5.41) is 4.76. The minimum atomic E-state index is 0.587. The molecule has 0 amide bonds. The van der Waals surface area contributed by atoms with E-state index in [1.165, 1.54) is 32.7 Å². The molecule has 6 aromatic carbocycles. The van der Waals surface area contributed by atoms with E-state index in [2.05, 4.69) is 142 Å². The number of aromatic nitrogens is 5. The topological polar surface area (TPSA) is 52.9 Å². The summed E-state index contributed by atoms with van der Waals surface area (Å²) in [4.78, 5) is 17.8. The molecular weight excluding hydrogens is 613 g/mol. The van der Waals surface area contributed by atoms with Gasteiger partial charge in [0.25, 0.3) is 0 Å². The Morgan fingerprint density at radius 3 is 1.54 bits per heavy atom. The zero-order valence-corrected chi connectivity index (χ0v) is 28.2. The van der Waals surface area contributed by atoms with Crippen LogP contribution < -0.4 is 0 Å². The van der Waals surface area contributed by atoms with Gasteiger partial charge in [-0.05, 0) is 76.2 Å². The summed E-state index contributed by atoms with van der Waals surface area (Å²) in [7, 11) is 0. The van der Waals surface area contributed by atoms with Crippen molar-refractivity contribution in [1.29, 1.82) is 0 Å². The van der Waals surface area contributed by atoms with Gasteiger partial charge in [0.05, 0.1) is 34.3 Å². The third-order valence-corrected chi connectivity index (χ3v) is 9.65. The first-order valence-corrected chi connectivity index (χ1v) is 16.7. The number of benzene rings is 6. The van der Waals surface area contributed by atoms with Crippen molar-refractivity contribution in [2.45, 2.75) is 27.7 Å². The molecule has 3 aromatic heterocycles. The van der Waals surface area contributed by atoms with Crippen molar-refractivity contribution in [1.82, 2.24) is 24.1 Å². The zero-order valence-electron chi connectivity index (χ0n) is 28.2. The van der Waals surface area contributed by atoms with Crippen molar-refractivity contribution < 1.29 is 0 Å². The highest BCUT2D eigenvalue weighted by Crippen LogP contribution is 2.43. The van der Waals surface area contributed by atoms with Gasteiger partial charge < -0.3 is 9.13 Å². The van der Waals surface area contributed by atoms with E-state index in [0.29, 0.717) is 23.2 Å². The Kier molecular flexibility index (Phi) is 6.65. The van der Waals surface area contributed by atoms with Crippen molar-refractivity contribution in [3.8, 4) is 33.9 Å². The molecule has 6 heteroatoms. The van der Waals surface area contributed by atoms with E-state index >= 15 is 0 Å². The lowest BCUT2D eigenvalue weighted by atomic mass is 9.98. The summed E-state index contributed by atoms with van der Waals surface area (Å²) in [5.41, 5.74) is 12.3. The average molecular weight is 645 g/mol. The summed E-state index contributed by atoms with van der Waals surface area (Å²) < 4.78 is 4.69. The number of nitrogens with zero attached hydrogens (tertiary/aromatic N) is 6. The maximum Gasteiger partial charge on any atom is 0.189 e. The third kappa shape index (κ3) is 4.59. The SMILES string of the molecule is [C-]#[N+]c1ccc(-c2ccc(-c3nc(C)nc(C)n3)cc2-n2c3ccccc3c3cc(C)ccc32)c(-n2c3ccccc3c3cc(C)ccc32)c1. The number of fused-ring (bicyclic) bond motifs is 6. The van der Waals surface area contributed by atoms with E-state index in [9.17, 15) is 0 Å². The van der Waals surface area contributed by atoms with Gasteiger partial charge in [0.15, 0.2) is 11.5 Å². The van der Waals surface area contributed by atoms with Crippen molar-refractivity contribution >= 4 is 49.3 Å². The van der Waals surface area contributed by atoms with Gasteiger partial charge in [-0.2, -0.15) is 0 Å². The number of hydrogen-bond donors (Lipinski definition) is 0. The second kappa shape index (κ2) is 11.3. The highest BCUT2D eigenvalue weighted by molar-refractivity contribution is 6.12. The van der Waals surface area contributed by atoms with Gasteiger partial charge in [0.2, 0.25) is 0 Å². The summed E-state index contributed by atoms with van der Waals surface area (Å²) in [5.74, 6) is 2.01. The van der Waals surface area contributed by atoms with Gasteiger partial charge in [-0.1, -0.05) is 83.9 Å². The molecule has 0 unspecified atom stereocenters. The molecule has 50 heavy (non-hydrogen) atoms. The van der Waals surface area contributed by atoms with Crippen LogP contribution in [0.25, 0.3) is 82.3 Å². The molecule has 238 valence electrons. The Labute approximate surface area is 289 Å². The van der Waals surface area contributed by atoms with Crippen LogP contribution in [0.1, 0.15) is 22.8 Å². The lowest BCUT2D eigenvalue weighted by Crippen LogP contribution is -2.03. The van der Waals surface area contributed by atoms with E-state index in [1.807, 2.05) is 26.0 Å². The predicted molar refractivity (Wildman–Crippen MR) is 205 cm³/mol. The molecule has 0 saturated heterocycles. The highest BCUT2D eigenvalue weighted by Gasteiger charge is 2.22. The number of rotatable bonds is 4. The molecule has 0 N–H and O–H groups in total. The standard InChI is InChI=1S/C44H32N6/c1-26-14-20-40-36(22-26)32-10-6-8-12-38(32)49(40)42-24-30(44-47-28(3)46-29(4)48-44)16-18-34(42)35-19-17-31(45-5)25-43(35)50-39-13-9-7-11-33(39)37-23-27(2)15-21-41(37)50/h6-25H,1-4H3. The summed E-state index contributed by atoms with van der Waals surface area (Å²) in [6.45, 7) is 16.1. The van der Waals surface area contributed by atoms with Crippen LogP contribution in [0.2, 0.25) is 0 Å². The van der Waals surface area contributed by atoms with E-state index < -0.39 is 0 Å². The minimum absolute atomic E-state index is 0.587. The van der Waals surface area contributed by atoms with Gasteiger partial charge in [0.1, 0.15) is 11.6 Å². The summed E-state index contributed by atoms with van der Waals surface area (Å²) >= 11 is 0. The van der Waals surface area contributed by atoms with Crippen LogP contribution in [0.4, 0.5) is 5.69 Å². The normalized spacial score (nSPS) is 11.6. The Morgan fingerprint density at radius 1 is 0.480 bits per heavy atom. The summed E-state index contributed by atoms with van der Waals surface area (Å²) in [6.07, 6.45) is 0. The second-order valence-electron chi connectivity index (χ2n) is 13.0. The minimum Gasteiger partial charge on any atom is -0.310 e. The van der Waals surface area contributed by atoms with Crippen molar-refractivity contribution in [3.05, 3.63) is 156 Å². The molecule has 9 rings (SSSR count). The van der Waals surface area contributed by atoms with Crippen LogP contribution in [-0.4, -0.2) is 24.1 Å². The van der Waals surface area contributed by atoms with E-state index in [-0.39, 0.29) is 0 Å². The average Bonchev–Trinajstić information content (AvgIpc) is 3.62. The second-order valence-corrected chi connectivity index (χ2v) is 13.0. The molecule has 0 aliphatic heterocycles. The summed E-state index contributed by atoms with van der Waals surface area (Å²) in [6, 6.07) is 43.0. The molecule has 6 nitrogen and oxygen atoms in total. The van der Waals surface area contributed by atoms with Crippen molar-refractivity contribution in [2.24, 2.45) is 0 Å². The molecule has 9 aromatic rings. The Hall–Kier alpha value is -6.58. The smallest absolute Gasteiger partial charge is 0.189 e. The molecule has 0 radical (unpaired) electrons. The van der Waals surface area contributed by atoms with Crippen molar-refractivity contribution in [3.63, 3.8) is 0 Å². The van der Waals surface area contributed by atoms with Gasteiger partial charge >= 0.3 is 0 Å². The fourth-order valence-electron chi connectivity index (χ4n) is 7.52. The van der Waals surface area contributed by atoms with Crippen LogP contribution >= 0.6 is 0 Å². The van der Waals surface area contributed by atoms with Gasteiger partial charge in [-0.15, -0.1) is 0 Å². The first-order valence-electron chi connectivity index (χ1n) is 16.7. The number of hydrogen-bond acceptors (Lipinski definition) is 3. The molecule has 3 heterocycles. The quantitative estimate of drug-likeness (QED) is 0.179. The zero-order chi connectivity index (χ0) is 34.1. The molecule has 0 atom stereocenters. The van der Waals surface area contributed by atoms with Crippen LogP contribution in [0.15, 0.2) is 121 Å². The van der Waals surface area contributed by atoms with E-state index in [0.717, 1.165) is 50.1 Å². The molecule has 0 bridgehead atoms. The van der Waals surface area contributed by atoms with Gasteiger partial charge in [-0.3, -0.25) is 0 Å². The third-order valence-electron chi connectivity index (χ3n) is 9.65. The highest BCUT2D eigenvalue weighted by atomic mass is 15.0. The molecule has 0 fully saturated rings. The lowest BCUT2D eigenvalue weighted by molar-refractivity contribution is 0.928. The predicted octanol–water partition coefficient (Wildman–Crippen LogP) is 11.2. The Balaban J connectivity index is 1.42. The molecule has 0 aliphatic carbocycles. The Bertz CT molecular complexity index is 2860. The maximum absolute atomic E-state index is 8.00. The number of aryl methyl sites for hydroxylation is 4. The molecule has 0 saturated carbocycles. The first-order chi connectivity index (χ1) is 24.4. The van der Waals surface area contributed by atoms with Crippen LogP contribution in [0.3, 0.4) is 0 Å². The molecule has 0 aliphatic rings. The van der Waals surface area contributed by atoms with Gasteiger partial charge in [-0.25, -0.2) is 19.8 Å². The Morgan fingerprint density at radius 2 is 0.980 bits per heavy atom. The van der Waals surface area contributed by atoms with Crippen molar-refractivity contribution in [2.75, 3.05) is 0 Å². The van der Waals surface area contributed by atoms with Gasteiger partial charge in [0, 0.05) is 43.9 Å². The molecule has 0 spiro atoms. The van der Waals surface area contributed by atoms with E-state index in [1.54, 1.807) is 0 Å². The van der Waals surface area contributed by atoms with E-state index in [4.69, 9.17) is 16.5 Å². The largest absolute Gasteiger partial charge is 0.310 e. The first kappa shape index (κ1) is 29.6. The molecular formula is C44H32N6. The van der Waals surface area contributed by atoms with Crippen LogP contribution in [0.5, 0.6) is 0 Å². The lowest BCUT2D eigenvalue weighted by Gasteiger charge is -2.20. The fraction of sp³-hybridized carbons (Fsp3) is 0.0909. The maximum atomic E-state index is 8.00. The monoisotopic (exact) mass is 644 g/mol. The number of para-hydroxylation sites is 2.